The molecule has 1 aliphatic heterocycles. The van der Waals surface area contributed by atoms with E-state index >= 15 is 0 Å². The van der Waals surface area contributed by atoms with Crippen LogP contribution in [-0.2, 0) is 4.79 Å². The maximum atomic E-state index is 13.9. The van der Waals surface area contributed by atoms with Gasteiger partial charge in [0.05, 0.1) is 16.2 Å². The minimum absolute atomic E-state index is 0.129. The van der Waals surface area contributed by atoms with E-state index in [1.165, 1.54) is 23.9 Å². The highest BCUT2D eigenvalue weighted by Gasteiger charge is 2.34. The first-order chi connectivity index (χ1) is 13.3. The zero-order valence-electron chi connectivity index (χ0n) is 16.0. The molecule has 3 aromatic rings. The van der Waals surface area contributed by atoms with E-state index in [4.69, 9.17) is 0 Å². The number of hydrogen-bond donors (Lipinski definition) is 1. The Balaban J connectivity index is 1.94. The first kappa shape index (κ1) is 18.6. The minimum atomic E-state index is -0.311. The average Bonchev–Trinajstić information content (AvgIpc) is 2.87. The molecule has 8 heteroatoms. The van der Waals surface area contributed by atoms with E-state index < -0.39 is 0 Å². The van der Waals surface area contributed by atoms with Crippen LogP contribution in [0.3, 0.4) is 0 Å². The molecule has 4 rings (SSSR count). The van der Waals surface area contributed by atoms with Gasteiger partial charge < -0.3 is 5.32 Å². The summed E-state index contributed by atoms with van der Waals surface area (Å²) in [5.74, 6) is 0.507. The van der Waals surface area contributed by atoms with Crippen LogP contribution in [0.5, 0.6) is 0 Å². The number of rotatable bonds is 2. The quantitative estimate of drug-likeness (QED) is 0.710. The predicted molar refractivity (Wildman–Crippen MR) is 107 cm³/mol. The average molecular weight is 397 g/mol. The standard InChI is InChI=1S/C20H20FN5OS/c1-10-8-11(2)23-20(22-10)26-18-16(12(3)25-26)17(28-13(4)19(27)24-18)14-6-5-7-15(21)9-14/h5-9,13,17H,1-4H3,(H,24,27). The van der Waals surface area contributed by atoms with E-state index in [-0.39, 0.29) is 22.2 Å². The van der Waals surface area contributed by atoms with E-state index in [0.717, 1.165) is 28.2 Å². The molecule has 0 bridgehead atoms. The summed E-state index contributed by atoms with van der Waals surface area (Å²) in [6, 6.07) is 8.36. The van der Waals surface area contributed by atoms with E-state index in [2.05, 4.69) is 20.4 Å². The van der Waals surface area contributed by atoms with Crippen LogP contribution in [0, 0.1) is 26.6 Å². The van der Waals surface area contributed by atoms with Gasteiger partial charge in [0.25, 0.3) is 5.95 Å². The lowest BCUT2D eigenvalue weighted by molar-refractivity contribution is -0.115. The Morgan fingerprint density at radius 1 is 1.14 bits per heavy atom. The number of anilines is 1. The molecule has 1 aromatic carbocycles. The molecule has 3 heterocycles. The lowest BCUT2D eigenvalue weighted by Crippen LogP contribution is -2.23. The Hall–Kier alpha value is -2.74. The van der Waals surface area contributed by atoms with E-state index in [1.54, 1.807) is 10.7 Å². The van der Waals surface area contributed by atoms with Crippen LogP contribution in [0.2, 0.25) is 0 Å². The number of halogens is 1. The predicted octanol–water partition coefficient (Wildman–Crippen LogP) is 3.89. The first-order valence-electron chi connectivity index (χ1n) is 8.97. The number of carbonyl (C=O) groups is 1. The highest BCUT2D eigenvalue weighted by atomic mass is 32.2. The molecule has 0 saturated carbocycles. The largest absolute Gasteiger partial charge is 0.309 e. The lowest BCUT2D eigenvalue weighted by atomic mass is 10.0. The summed E-state index contributed by atoms with van der Waals surface area (Å²) in [6.07, 6.45) is 0. The highest BCUT2D eigenvalue weighted by Crippen LogP contribution is 2.45. The van der Waals surface area contributed by atoms with Crippen LogP contribution >= 0.6 is 11.8 Å². The van der Waals surface area contributed by atoms with Crippen molar-refractivity contribution in [2.24, 2.45) is 0 Å². The van der Waals surface area contributed by atoms with Crippen molar-refractivity contribution >= 4 is 23.5 Å². The van der Waals surface area contributed by atoms with Gasteiger partial charge in [-0.3, -0.25) is 4.79 Å². The summed E-state index contributed by atoms with van der Waals surface area (Å²) < 4.78 is 15.5. The van der Waals surface area contributed by atoms with E-state index in [9.17, 15) is 9.18 Å². The fraction of sp³-hybridized carbons (Fsp3) is 0.300. The van der Waals surface area contributed by atoms with Crippen LogP contribution in [-0.4, -0.2) is 30.9 Å². The fourth-order valence-electron chi connectivity index (χ4n) is 3.39. The molecule has 0 aliphatic carbocycles. The second kappa shape index (κ2) is 7.01. The maximum absolute atomic E-state index is 13.9. The van der Waals surface area contributed by atoms with Gasteiger partial charge >= 0.3 is 0 Å². The third kappa shape index (κ3) is 3.28. The number of nitrogens with zero attached hydrogens (tertiary/aromatic N) is 4. The molecule has 2 unspecified atom stereocenters. The molecule has 2 aromatic heterocycles. The Kier molecular flexibility index (Phi) is 4.66. The Morgan fingerprint density at radius 3 is 2.54 bits per heavy atom. The number of aromatic nitrogens is 4. The maximum Gasteiger partial charge on any atom is 0.252 e. The van der Waals surface area contributed by atoms with Crippen LogP contribution in [0.4, 0.5) is 10.2 Å². The van der Waals surface area contributed by atoms with Crippen molar-refractivity contribution in [2.75, 3.05) is 5.32 Å². The van der Waals surface area contributed by atoms with Crippen LogP contribution in [0.1, 0.15) is 40.4 Å². The minimum Gasteiger partial charge on any atom is -0.309 e. The van der Waals surface area contributed by atoms with E-state index in [1.807, 2.05) is 39.8 Å². The Bertz CT molecular complexity index is 1060. The molecule has 2 atom stereocenters. The molecule has 28 heavy (non-hydrogen) atoms. The van der Waals surface area contributed by atoms with Gasteiger partial charge in [-0.25, -0.2) is 14.4 Å². The summed E-state index contributed by atoms with van der Waals surface area (Å²) in [4.78, 5) is 21.6. The van der Waals surface area contributed by atoms with Gasteiger partial charge in [-0.1, -0.05) is 12.1 Å². The molecule has 0 fully saturated rings. The number of nitrogens with one attached hydrogen (secondary N) is 1. The van der Waals surface area contributed by atoms with Crippen molar-refractivity contribution in [2.45, 2.75) is 38.2 Å². The summed E-state index contributed by atoms with van der Waals surface area (Å²) in [5, 5.41) is 7.05. The third-order valence-corrected chi connectivity index (χ3v) is 6.03. The first-order valence-corrected chi connectivity index (χ1v) is 9.91. The van der Waals surface area contributed by atoms with Crippen molar-refractivity contribution in [3.63, 3.8) is 0 Å². The number of hydrogen-bond acceptors (Lipinski definition) is 5. The van der Waals surface area contributed by atoms with Crippen molar-refractivity contribution < 1.29 is 9.18 Å². The summed E-state index contributed by atoms with van der Waals surface area (Å²) in [7, 11) is 0. The Morgan fingerprint density at radius 2 is 1.86 bits per heavy atom. The summed E-state index contributed by atoms with van der Waals surface area (Å²) in [5.41, 5.74) is 4.01. The monoisotopic (exact) mass is 397 g/mol. The number of carbonyl (C=O) groups excluding carboxylic acids is 1. The van der Waals surface area contributed by atoms with Crippen molar-refractivity contribution in [1.29, 1.82) is 0 Å². The lowest BCUT2D eigenvalue weighted by Gasteiger charge is -2.17. The molecule has 1 N–H and O–H groups in total. The molecular formula is C20H20FN5OS. The van der Waals surface area contributed by atoms with Crippen molar-refractivity contribution in [3.05, 3.63) is 64.4 Å². The smallest absolute Gasteiger partial charge is 0.252 e. The molecule has 0 radical (unpaired) electrons. The summed E-state index contributed by atoms with van der Waals surface area (Å²) in [6.45, 7) is 7.50. The molecule has 0 saturated heterocycles. The molecule has 6 nitrogen and oxygen atoms in total. The van der Waals surface area contributed by atoms with Crippen LogP contribution in [0.25, 0.3) is 5.95 Å². The van der Waals surface area contributed by atoms with Gasteiger partial charge in [-0.05, 0) is 51.5 Å². The second-order valence-electron chi connectivity index (χ2n) is 6.91. The van der Waals surface area contributed by atoms with Gasteiger partial charge in [0, 0.05) is 17.0 Å². The topological polar surface area (TPSA) is 72.7 Å². The SMILES string of the molecule is Cc1cc(C)nc(-n2nc(C)c3c2NC(=O)C(C)SC3c2cccc(F)c2)n1. The zero-order valence-corrected chi connectivity index (χ0v) is 16.8. The summed E-state index contributed by atoms with van der Waals surface area (Å²) >= 11 is 1.48. The van der Waals surface area contributed by atoms with Crippen molar-refractivity contribution in [3.8, 4) is 5.95 Å². The van der Waals surface area contributed by atoms with Crippen molar-refractivity contribution in [1.82, 2.24) is 19.7 Å². The number of fused-ring (bicyclic) bond motifs is 1. The number of thioether (sulfide) groups is 1. The van der Waals surface area contributed by atoms with Crippen LogP contribution in [0.15, 0.2) is 30.3 Å². The number of amides is 1. The molecule has 1 aliphatic rings. The fourth-order valence-corrected chi connectivity index (χ4v) is 4.70. The third-order valence-electron chi connectivity index (χ3n) is 4.63. The Labute approximate surface area is 166 Å². The highest BCUT2D eigenvalue weighted by molar-refractivity contribution is 8.01. The molecule has 0 spiro atoms. The second-order valence-corrected chi connectivity index (χ2v) is 8.36. The molecule has 1 amide bonds. The zero-order chi connectivity index (χ0) is 20.0. The number of aryl methyl sites for hydroxylation is 3. The molecular weight excluding hydrogens is 377 g/mol. The van der Waals surface area contributed by atoms with Gasteiger partial charge in [-0.2, -0.15) is 9.78 Å². The number of benzene rings is 1. The normalized spacial score (nSPS) is 19.1. The molecule has 144 valence electrons. The van der Waals surface area contributed by atoms with Gasteiger partial charge in [-0.15, -0.1) is 11.8 Å². The van der Waals surface area contributed by atoms with Gasteiger partial charge in [0.2, 0.25) is 5.91 Å². The van der Waals surface area contributed by atoms with Crippen LogP contribution < -0.4 is 5.32 Å². The van der Waals surface area contributed by atoms with Gasteiger partial charge in [0.15, 0.2) is 0 Å². The van der Waals surface area contributed by atoms with Gasteiger partial charge in [0.1, 0.15) is 11.6 Å². The van der Waals surface area contributed by atoms with E-state index in [0.29, 0.717) is 11.8 Å².